The van der Waals surface area contributed by atoms with Crippen LogP contribution in [0.5, 0.6) is 11.5 Å². The zero-order chi connectivity index (χ0) is 16.1. The highest BCUT2D eigenvalue weighted by atomic mass is 16.5. The molecule has 0 bridgehead atoms. The lowest BCUT2D eigenvalue weighted by Crippen LogP contribution is -2.34. The average Bonchev–Trinajstić information content (AvgIpc) is 2.55. The Labute approximate surface area is 131 Å². The number of carbonyl (C=O) groups is 1. The molecule has 1 saturated heterocycles. The molecular weight excluding hydrogens is 282 g/mol. The molecule has 2 amide bonds. The van der Waals surface area contributed by atoms with Crippen molar-refractivity contribution in [1.29, 1.82) is 0 Å². The van der Waals surface area contributed by atoms with E-state index in [4.69, 9.17) is 9.47 Å². The second-order valence-electron chi connectivity index (χ2n) is 5.29. The molecule has 22 heavy (non-hydrogen) atoms. The summed E-state index contributed by atoms with van der Waals surface area (Å²) in [6.45, 7) is 0.943. The Bertz CT molecular complexity index is 572. The van der Waals surface area contributed by atoms with Gasteiger partial charge in [0.1, 0.15) is 17.3 Å². The van der Waals surface area contributed by atoms with Crippen LogP contribution in [0.4, 0.5) is 10.5 Å². The topological polar surface area (TPSA) is 54.4 Å². The van der Waals surface area contributed by atoms with Crippen molar-refractivity contribution in [2.75, 3.05) is 39.8 Å². The molecule has 0 aromatic heterocycles. The van der Waals surface area contributed by atoms with Crippen molar-refractivity contribution in [2.45, 2.75) is 19.3 Å². The Kier molecular flexibility index (Phi) is 5.25. The lowest BCUT2D eigenvalue weighted by Gasteiger charge is -2.26. The first-order valence-corrected chi connectivity index (χ1v) is 7.35. The van der Waals surface area contributed by atoms with E-state index in [0.717, 1.165) is 31.6 Å². The highest BCUT2D eigenvalue weighted by Crippen LogP contribution is 2.32. The summed E-state index contributed by atoms with van der Waals surface area (Å²) in [7, 11) is 6.82. The van der Waals surface area contributed by atoms with Gasteiger partial charge < -0.3 is 14.4 Å². The highest BCUT2D eigenvalue weighted by Gasteiger charge is 2.19. The number of benzene rings is 1. The minimum atomic E-state index is -0.310. The molecule has 1 aliphatic rings. The van der Waals surface area contributed by atoms with Crippen LogP contribution in [0, 0.1) is 0 Å². The maximum atomic E-state index is 12.4. The maximum absolute atomic E-state index is 12.4. The van der Waals surface area contributed by atoms with E-state index < -0.39 is 0 Å². The lowest BCUT2D eigenvalue weighted by atomic mass is 10.1. The van der Waals surface area contributed by atoms with Gasteiger partial charge in [0, 0.05) is 33.1 Å². The predicted molar refractivity (Wildman–Crippen MR) is 87.3 cm³/mol. The van der Waals surface area contributed by atoms with Crippen molar-refractivity contribution in [3.05, 3.63) is 18.2 Å². The molecule has 0 aliphatic carbocycles. The summed E-state index contributed by atoms with van der Waals surface area (Å²) in [5.41, 5.74) is 0.634. The summed E-state index contributed by atoms with van der Waals surface area (Å²) in [4.78, 5) is 20.2. The number of piperidine rings is 1. The molecule has 1 aliphatic heterocycles. The largest absolute Gasteiger partial charge is 0.497 e. The number of rotatable bonds is 3. The van der Waals surface area contributed by atoms with E-state index >= 15 is 0 Å². The molecule has 120 valence electrons. The van der Waals surface area contributed by atoms with Crippen LogP contribution in [0.2, 0.25) is 0 Å². The average molecular weight is 305 g/mol. The van der Waals surface area contributed by atoms with Crippen molar-refractivity contribution >= 4 is 17.6 Å². The van der Waals surface area contributed by atoms with Crippen LogP contribution in [-0.2, 0) is 0 Å². The summed E-state index contributed by atoms with van der Waals surface area (Å²) in [6, 6.07) is 5.02. The third-order valence-electron chi connectivity index (χ3n) is 3.84. The van der Waals surface area contributed by atoms with Crippen LogP contribution in [0.15, 0.2) is 23.2 Å². The molecular formula is C16H23N3O3. The molecule has 0 unspecified atom stereocenters. The van der Waals surface area contributed by atoms with Gasteiger partial charge in [0.25, 0.3) is 0 Å². The minimum absolute atomic E-state index is 0.310. The molecule has 1 aromatic carbocycles. The number of nitrogens with zero attached hydrogens (tertiary/aromatic N) is 3. The zero-order valence-corrected chi connectivity index (χ0v) is 13.6. The van der Waals surface area contributed by atoms with E-state index in [-0.39, 0.29) is 6.03 Å². The predicted octanol–water partition coefficient (Wildman–Crippen LogP) is 2.77. The van der Waals surface area contributed by atoms with Gasteiger partial charge in [-0.15, -0.1) is 0 Å². The van der Waals surface area contributed by atoms with Gasteiger partial charge in [-0.05, 0) is 25.0 Å². The number of hydrogen-bond donors (Lipinski definition) is 0. The Morgan fingerprint density at radius 2 is 2.05 bits per heavy atom. The smallest absolute Gasteiger partial charge is 0.349 e. The number of urea groups is 1. The number of hydrogen-bond acceptors (Lipinski definition) is 3. The van der Waals surface area contributed by atoms with Crippen molar-refractivity contribution in [2.24, 2.45) is 4.99 Å². The standard InChI is InChI=1S/C16H23N3O3/c1-18-10-6-5-7-15(18)17-16(20)19(2)13-11-12(21-3)8-9-14(13)22-4/h8-9,11H,5-7,10H2,1-4H3/b17-15-. The molecule has 0 radical (unpaired) electrons. The Morgan fingerprint density at radius 3 is 2.68 bits per heavy atom. The van der Waals surface area contributed by atoms with E-state index in [9.17, 15) is 4.79 Å². The summed E-state index contributed by atoms with van der Waals surface area (Å²) in [5, 5.41) is 0. The zero-order valence-electron chi connectivity index (χ0n) is 13.6. The SMILES string of the molecule is COc1ccc(OC)c(N(C)C(=O)/N=C2/CCCCN2C)c1. The van der Waals surface area contributed by atoms with E-state index in [1.165, 1.54) is 4.90 Å². The molecule has 2 rings (SSSR count). The Hall–Kier alpha value is -2.24. The summed E-state index contributed by atoms with van der Waals surface area (Å²) < 4.78 is 10.5. The summed E-state index contributed by atoms with van der Waals surface area (Å²) in [6.07, 6.45) is 3.05. The van der Waals surface area contributed by atoms with Crippen molar-refractivity contribution in [1.82, 2.24) is 4.90 Å². The van der Waals surface area contributed by atoms with Crippen LogP contribution in [0.1, 0.15) is 19.3 Å². The second-order valence-corrected chi connectivity index (χ2v) is 5.29. The number of methoxy groups -OCH3 is 2. The van der Waals surface area contributed by atoms with Crippen molar-refractivity contribution in [3.8, 4) is 11.5 Å². The van der Waals surface area contributed by atoms with Crippen LogP contribution in [0.3, 0.4) is 0 Å². The molecule has 6 nitrogen and oxygen atoms in total. The fourth-order valence-corrected chi connectivity index (χ4v) is 2.44. The number of aliphatic imine (C=N–C) groups is 1. The van der Waals surface area contributed by atoms with Crippen LogP contribution in [-0.4, -0.2) is 51.6 Å². The lowest BCUT2D eigenvalue weighted by molar-refractivity contribution is 0.254. The maximum Gasteiger partial charge on any atom is 0.349 e. The van der Waals surface area contributed by atoms with Crippen LogP contribution < -0.4 is 14.4 Å². The first kappa shape index (κ1) is 16.1. The molecule has 0 atom stereocenters. The normalized spacial score (nSPS) is 16.5. The third-order valence-corrected chi connectivity index (χ3v) is 3.84. The Balaban J connectivity index is 2.24. The molecule has 6 heteroatoms. The summed E-state index contributed by atoms with van der Waals surface area (Å²) in [5.74, 6) is 2.11. The fourth-order valence-electron chi connectivity index (χ4n) is 2.44. The molecule has 0 spiro atoms. The van der Waals surface area contributed by atoms with E-state index in [1.54, 1.807) is 39.5 Å². The van der Waals surface area contributed by atoms with Crippen LogP contribution >= 0.6 is 0 Å². The third kappa shape index (κ3) is 3.50. The van der Waals surface area contributed by atoms with Gasteiger partial charge in [0.2, 0.25) is 0 Å². The van der Waals surface area contributed by atoms with Gasteiger partial charge in [-0.1, -0.05) is 0 Å². The van der Waals surface area contributed by atoms with Gasteiger partial charge in [0.05, 0.1) is 19.9 Å². The molecule has 0 saturated carbocycles. The second kappa shape index (κ2) is 7.15. The van der Waals surface area contributed by atoms with E-state index in [1.807, 2.05) is 11.9 Å². The van der Waals surface area contributed by atoms with Crippen molar-refractivity contribution < 1.29 is 14.3 Å². The quantitative estimate of drug-likeness (QED) is 0.861. The Morgan fingerprint density at radius 1 is 1.27 bits per heavy atom. The van der Waals surface area contributed by atoms with Gasteiger partial charge in [-0.2, -0.15) is 4.99 Å². The number of anilines is 1. The van der Waals surface area contributed by atoms with E-state index in [0.29, 0.717) is 17.2 Å². The fraction of sp³-hybridized carbons (Fsp3) is 0.500. The summed E-state index contributed by atoms with van der Waals surface area (Å²) >= 11 is 0. The molecule has 1 aromatic rings. The first-order valence-electron chi connectivity index (χ1n) is 7.35. The van der Waals surface area contributed by atoms with Gasteiger partial charge in [-0.3, -0.25) is 4.90 Å². The van der Waals surface area contributed by atoms with Gasteiger partial charge in [0.15, 0.2) is 0 Å². The first-order chi connectivity index (χ1) is 10.6. The number of likely N-dealkylation sites (tertiary alicyclic amines) is 1. The van der Waals surface area contributed by atoms with Gasteiger partial charge >= 0.3 is 6.03 Å². The van der Waals surface area contributed by atoms with Gasteiger partial charge in [-0.25, -0.2) is 4.79 Å². The van der Waals surface area contributed by atoms with Crippen molar-refractivity contribution in [3.63, 3.8) is 0 Å². The molecule has 0 N–H and O–H groups in total. The molecule has 1 fully saturated rings. The van der Waals surface area contributed by atoms with E-state index in [2.05, 4.69) is 4.99 Å². The number of amides is 2. The monoisotopic (exact) mass is 305 g/mol. The minimum Gasteiger partial charge on any atom is -0.497 e. The molecule has 1 heterocycles. The number of amidine groups is 1. The number of carbonyl (C=O) groups excluding carboxylic acids is 1. The van der Waals surface area contributed by atoms with Crippen LogP contribution in [0.25, 0.3) is 0 Å². The number of ether oxygens (including phenoxy) is 2. The highest BCUT2D eigenvalue weighted by molar-refractivity contribution is 6.02.